The highest BCUT2D eigenvalue weighted by molar-refractivity contribution is 7.92. The van der Waals surface area contributed by atoms with Gasteiger partial charge in [-0.2, -0.15) is 5.10 Å². The molecule has 2 aromatic carbocycles. The summed E-state index contributed by atoms with van der Waals surface area (Å²) in [6.07, 6.45) is 2.17. The number of H-pyrrole nitrogens is 1. The number of hydrogen-bond acceptors (Lipinski definition) is 5. The third kappa shape index (κ3) is 5.24. The number of anilines is 3. The molecule has 2 heterocycles. The van der Waals surface area contributed by atoms with Gasteiger partial charge in [-0.25, -0.2) is 13.4 Å². The summed E-state index contributed by atoms with van der Waals surface area (Å²) in [5.74, 6) is 1.38. The summed E-state index contributed by atoms with van der Waals surface area (Å²) in [6.45, 7) is 0. The van der Waals surface area contributed by atoms with Crippen molar-refractivity contribution in [3.63, 3.8) is 0 Å². The molecule has 0 aliphatic rings. The molecule has 0 radical (unpaired) electrons. The van der Waals surface area contributed by atoms with Crippen molar-refractivity contribution < 1.29 is 8.42 Å². The molecular weight excluding hydrogens is 398 g/mol. The van der Waals surface area contributed by atoms with Crippen molar-refractivity contribution in [3.05, 3.63) is 90.6 Å². The van der Waals surface area contributed by atoms with Gasteiger partial charge in [-0.3, -0.25) is 9.82 Å². The van der Waals surface area contributed by atoms with E-state index in [0.717, 1.165) is 16.8 Å². The van der Waals surface area contributed by atoms with E-state index < -0.39 is 10.0 Å². The molecule has 30 heavy (non-hydrogen) atoms. The molecule has 2 aromatic heterocycles. The lowest BCUT2D eigenvalue weighted by Gasteiger charge is -2.08. The molecule has 8 heteroatoms. The van der Waals surface area contributed by atoms with Crippen molar-refractivity contribution >= 4 is 27.3 Å². The number of sulfonamides is 1. The van der Waals surface area contributed by atoms with Gasteiger partial charge in [0, 0.05) is 18.0 Å². The van der Waals surface area contributed by atoms with Crippen LogP contribution in [0.3, 0.4) is 0 Å². The lowest BCUT2D eigenvalue weighted by molar-refractivity contribution is 0.600. The summed E-state index contributed by atoms with van der Waals surface area (Å²) in [6, 6.07) is 24.2. The van der Waals surface area contributed by atoms with Gasteiger partial charge in [0.25, 0.3) is 0 Å². The first-order valence-electron chi connectivity index (χ1n) is 9.46. The molecule has 4 rings (SSSR count). The van der Waals surface area contributed by atoms with Crippen molar-refractivity contribution in [3.8, 4) is 11.3 Å². The minimum atomic E-state index is -3.43. The predicted molar refractivity (Wildman–Crippen MR) is 119 cm³/mol. The van der Waals surface area contributed by atoms with Crippen molar-refractivity contribution in [2.45, 2.75) is 6.42 Å². The second-order valence-corrected chi connectivity index (χ2v) is 8.58. The van der Waals surface area contributed by atoms with Crippen molar-refractivity contribution in [2.75, 3.05) is 15.8 Å². The van der Waals surface area contributed by atoms with Gasteiger partial charge in [-0.15, -0.1) is 0 Å². The second kappa shape index (κ2) is 8.79. The summed E-state index contributed by atoms with van der Waals surface area (Å²) < 4.78 is 27.4. The number of hydrogen-bond donors (Lipinski definition) is 3. The van der Waals surface area contributed by atoms with Gasteiger partial charge >= 0.3 is 0 Å². The molecule has 7 nitrogen and oxygen atoms in total. The van der Waals surface area contributed by atoms with Crippen LogP contribution < -0.4 is 10.0 Å². The van der Waals surface area contributed by atoms with Crippen LogP contribution in [0.4, 0.5) is 17.3 Å². The molecule has 0 aliphatic heterocycles. The summed E-state index contributed by atoms with van der Waals surface area (Å²) >= 11 is 0. The zero-order valence-electron chi connectivity index (χ0n) is 16.1. The highest BCUT2D eigenvalue weighted by atomic mass is 32.2. The number of aromatic nitrogens is 3. The topological polar surface area (TPSA) is 99.8 Å². The van der Waals surface area contributed by atoms with Crippen molar-refractivity contribution in [1.82, 2.24) is 15.2 Å². The molecule has 0 unspecified atom stereocenters. The lowest BCUT2D eigenvalue weighted by Crippen LogP contribution is -2.18. The monoisotopic (exact) mass is 419 g/mol. The van der Waals surface area contributed by atoms with E-state index in [1.165, 1.54) is 0 Å². The number of nitrogens with zero attached hydrogens (tertiary/aromatic N) is 2. The first-order valence-corrected chi connectivity index (χ1v) is 11.1. The van der Waals surface area contributed by atoms with E-state index in [1.54, 1.807) is 18.3 Å². The van der Waals surface area contributed by atoms with Gasteiger partial charge in [0.1, 0.15) is 5.82 Å². The van der Waals surface area contributed by atoms with Crippen LogP contribution in [0.15, 0.2) is 85.1 Å². The molecule has 0 fully saturated rings. The van der Waals surface area contributed by atoms with Gasteiger partial charge in [-0.05, 0) is 41.8 Å². The highest BCUT2D eigenvalue weighted by Crippen LogP contribution is 2.23. The van der Waals surface area contributed by atoms with Crippen LogP contribution in [-0.4, -0.2) is 29.4 Å². The first kappa shape index (κ1) is 19.7. The quantitative estimate of drug-likeness (QED) is 0.397. The van der Waals surface area contributed by atoms with Crippen LogP contribution in [0.25, 0.3) is 11.3 Å². The van der Waals surface area contributed by atoms with Crippen LogP contribution in [0, 0.1) is 0 Å². The second-order valence-electron chi connectivity index (χ2n) is 6.74. The average molecular weight is 420 g/mol. The minimum Gasteiger partial charge on any atom is -0.323 e. The third-order valence-corrected chi connectivity index (χ3v) is 5.76. The number of rotatable bonds is 8. The molecule has 0 spiro atoms. The Bertz CT molecular complexity index is 1190. The Balaban J connectivity index is 1.38. The number of nitrogens with one attached hydrogen (secondary N) is 3. The molecular formula is C22H21N5O2S. The van der Waals surface area contributed by atoms with E-state index in [0.29, 0.717) is 23.7 Å². The largest absolute Gasteiger partial charge is 0.323 e. The Morgan fingerprint density at radius 3 is 2.37 bits per heavy atom. The smallest absolute Gasteiger partial charge is 0.233 e. The number of aryl methyl sites for hydroxylation is 1. The Morgan fingerprint density at radius 1 is 0.867 bits per heavy atom. The molecule has 0 saturated heterocycles. The van der Waals surface area contributed by atoms with Gasteiger partial charge in [-0.1, -0.05) is 48.5 Å². The predicted octanol–water partition coefficient (Wildman–Crippen LogP) is 4.20. The normalized spacial score (nSPS) is 11.2. The summed E-state index contributed by atoms with van der Waals surface area (Å²) in [7, 11) is -3.43. The fourth-order valence-electron chi connectivity index (χ4n) is 2.95. The van der Waals surface area contributed by atoms with E-state index in [9.17, 15) is 8.42 Å². The van der Waals surface area contributed by atoms with Crippen LogP contribution in [-0.2, 0) is 16.4 Å². The molecule has 0 aliphatic carbocycles. The zero-order valence-corrected chi connectivity index (χ0v) is 16.9. The maximum atomic E-state index is 12.4. The Kier molecular flexibility index (Phi) is 5.76. The summed E-state index contributed by atoms with van der Waals surface area (Å²) in [4.78, 5) is 4.21. The molecule has 152 valence electrons. The molecule has 3 N–H and O–H groups in total. The fourth-order valence-corrected chi connectivity index (χ4v) is 4.05. The van der Waals surface area contributed by atoms with Gasteiger partial charge in [0.15, 0.2) is 5.82 Å². The Morgan fingerprint density at radius 2 is 1.63 bits per heavy atom. The highest BCUT2D eigenvalue weighted by Gasteiger charge is 2.11. The molecule has 0 atom stereocenters. The summed E-state index contributed by atoms with van der Waals surface area (Å²) in [5, 5.41) is 10.3. The fraction of sp³-hybridized carbons (Fsp3) is 0.0909. The minimum absolute atomic E-state index is 0.0296. The number of benzene rings is 2. The maximum absolute atomic E-state index is 12.4. The van der Waals surface area contributed by atoms with Crippen LogP contribution in [0.5, 0.6) is 0 Å². The van der Waals surface area contributed by atoms with Crippen LogP contribution >= 0.6 is 0 Å². The summed E-state index contributed by atoms with van der Waals surface area (Å²) in [5.41, 5.74) is 3.22. The maximum Gasteiger partial charge on any atom is 0.233 e. The van der Waals surface area contributed by atoms with E-state index in [2.05, 4.69) is 25.2 Å². The van der Waals surface area contributed by atoms with Gasteiger partial charge in [0.2, 0.25) is 10.0 Å². The van der Waals surface area contributed by atoms with E-state index in [4.69, 9.17) is 0 Å². The number of pyridine rings is 1. The van der Waals surface area contributed by atoms with Crippen molar-refractivity contribution in [2.24, 2.45) is 0 Å². The third-order valence-electron chi connectivity index (χ3n) is 4.47. The first-order chi connectivity index (χ1) is 14.6. The molecule has 0 amide bonds. The van der Waals surface area contributed by atoms with Crippen LogP contribution in [0.1, 0.15) is 5.56 Å². The Hall–Kier alpha value is -3.65. The van der Waals surface area contributed by atoms with E-state index in [1.807, 2.05) is 66.7 Å². The number of aromatic amines is 1. The zero-order chi connectivity index (χ0) is 20.8. The lowest BCUT2D eigenvalue weighted by atomic mass is 10.1. The van der Waals surface area contributed by atoms with Crippen LogP contribution in [0.2, 0.25) is 0 Å². The van der Waals surface area contributed by atoms with E-state index >= 15 is 0 Å². The molecule has 4 aromatic rings. The van der Waals surface area contributed by atoms with Crippen molar-refractivity contribution in [1.29, 1.82) is 0 Å². The average Bonchev–Trinajstić information content (AvgIpc) is 3.23. The van der Waals surface area contributed by atoms with Gasteiger partial charge in [0.05, 0.1) is 11.4 Å². The molecule has 0 saturated carbocycles. The van der Waals surface area contributed by atoms with E-state index in [-0.39, 0.29) is 5.75 Å². The SMILES string of the molecule is O=S(=O)(CCc1ccccc1)Nc1ccc(-c2cc(Nc3ccccn3)n[nH]2)cc1. The Labute approximate surface area is 175 Å². The standard InChI is InChI=1S/C22H21N5O2S/c28-30(29,15-13-17-6-2-1-3-7-17)27-19-11-9-18(10-12-19)20-16-22(26-25-20)24-21-8-4-5-14-23-21/h1-12,14,16,27H,13,15H2,(H2,23,24,25,26). The van der Waals surface area contributed by atoms with Gasteiger partial charge < -0.3 is 5.32 Å². The molecule has 0 bridgehead atoms.